The van der Waals surface area contributed by atoms with Crippen molar-refractivity contribution < 1.29 is 4.42 Å². The van der Waals surface area contributed by atoms with Crippen molar-refractivity contribution in [2.45, 2.75) is 0 Å². The Bertz CT molecular complexity index is 3790. The molecule has 0 aliphatic rings. The monoisotopic (exact) mass is 777 g/mol. The molecule has 61 heavy (non-hydrogen) atoms. The van der Waals surface area contributed by atoms with Crippen LogP contribution < -0.4 is 0 Å². The molecule has 12 aromatic rings. The van der Waals surface area contributed by atoms with Gasteiger partial charge in [-0.1, -0.05) is 127 Å². The van der Waals surface area contributed by atoms with Gasteiger partial charge in [0.1, 0.15) is 11.2 Å². The maximum atomic E-state index is 7.47. The largest absolute Gasteiger partial charge is 0.456 e. The van der Waals surface area contributed by atoms with E-state index in [1.54, 1.807) is 0 Å². The number of para-hydroxylation sites is 1. The second kappa shape index (κ2) is 13.8. The maximum absolute atomic E-state index is 7.47. The molecule has 3 heterocycles. The summed E-state index contributed by atoms with van der Waals surface area (Å²) in [5, 5.41) is 9.98. The number of benzene rings is 9. The maximum Gasteiger partial charge on any atom is 0.187 e. The van der Waals surface area contributed by atoms with E-state index >= 15 is 0 Å². The van der Waals surface area contributed by atoms with E-state index in [0.717, 1.165) is 98.7 Å². The van der Waals surface area contributed by atoms with E-state index in [2.05, 4.69) is 108 Å². The molecule has 0 amide bonds. The summed E-state index contributed by atoms with van der Waals surface area (Å²) in [4.78, 5) is 23.9. The van der Waals surface area contributed by atoms with E-state index in [0.29, 0.717) is 23.2 Å². The predicted octanol–water partition coefficient (Wildman–Crippen LogP) is 14.7. The van der Waals surface area contributed by atoms with Gasteiger partial charge in [-0.2, -0.15) is 0 Å². The molecule has 0 fully saturated rings. The van der Waals surface area contributed by atoms with E-state index in [4.69, 9.17) is 30.9 Å². The summed E-state index contributed by atoms with van der Waals surface area (Å²) >= 11 is 0. The van der Waals surface area contributed by atoms with E-state index in [1.807, 2.05) is 85.1 Å². The van der Waals surface area contributed by atoms with Gasteiger partial charge in [0.15, 0.2) is 23.2 Å². The summed E-state index contributed by atoms with van der Waals surface area (Å²) < 4.78 is 6.27. The fourth-order valence-electron chi connectivity index (χ4n) is 8.80. The molecule has 0 atom stereocenters. The first kappa shape index (κ1) is 34.5. The normalized spacial score (nSPS) is 11.6. The Labute approximate surface area is 349 Å². The Hall–Kier alpha value is -8.53. The zero-order valence-electron chi connectivity index (χ0n) is 32.5. The minimum absolute atomic E-state index is 0.566. The molecule has 282 valence electrons. The van der Waals surface area contributed by atoms with Gasteiger partial charge in [0.05, 0.1) is 12.1 Å². The average Bonchev–Trinajstić information content (AvgIpc) is 3.71. The topological polar surface area (TPSA) is 69.1 Å². The predicted molar refractivity (Wildman–Crippen MR) is 248 cm³/mol. The van der Waals surface area contributed by atoms with Crippen molar-refractivity contribution in [3.63, 3.8) is 0 Å². The van der Waals surface area contributed by atoms with Crippen LogP contribution in [0, 0.1) is 6.57 Å². The highest BCUT2D eigenvalue weighted by Gasteiger charge is 2.18. The van der Waals surface area contributed by atoms with Crippen LogP contribution in [0.15, 0.2) is 193 Å². The van der Waals surface area contributed by atoms with Crippen LogP contribution in [0.4, 0.5) is 5.69 Å². The molecular weight excluding hydrogens is 747 g/mol. The summed E-state index contributed by atoms with van der Waals surface area (Å²) in [5.74, 6) is 1.73. The van der Waals surface area contributed by atoms with Crippen LogP contribution in [0.5, 0.6) is 0 Å². The molecule has 0 spiro atoms. The van der Waals surface area contributed by atoms with E-state index in [1.165, 1.54) is 5.39 Å². The van der Waals surface area contributed by atoms with Crippen molar-refractivity contribution in [2.75, 3.05) is 0 Å². The Balaban J connectivity index is 1.02. The lowest BCUT2D eigenvalue weighted by molar-refractivity contribution is 0.669. The summed E-state index contributed by atoms with van der Waals surface area (Å²) in [6.45, 7) is 7.47. The van der Waals surface area contributed by atoms with Crippen LogP contribution in [0.2, 0.25) is 0 Å². The number of hydrogen-bond acceptors (Lipinski definition) is 5. The Morgan fingerprint density at radius 2 is 0.984 bits per heavy atom. The van der Waals surface area contributed by atoms with Gasteiger partial charge in [-0.05, 0) is 104 Å². The number of hydrogen-bond donors (Lipinski definition) is 0. The lowest BCUT2D eigenvalue weighted by Gasteiger charge is -2.16. The number of aromatic nitrogens is 4. The van der Waals surface area contributed by atoms with Crippen LogP contribution in [0.25, 0.3) is 126 Å². The van der Waals surface area contributed by atoms with Crippen molar-refractivity contribution >= 4 is 70.8 Å². The van der Waals surface area contributed by atoms with E-state index in [9.17, 15) is 0 Å². The minimum Gasteiger partial charge on any atom is -0.456 e. The van der Waals surface area contributed by atoms with Crippen molar-refractivity contribution in [2.24, 2.45) is 0 Å². The molecule has 0 saturated heterocycles. The smallest absolute Gasteiger partial charge is 0.187 e. The van der Waals surface area contributed by atoms with Crippen LogP contribution in [-0.2, 0) is 0 Å². The van der Waals surface area contributed by atoms with Gasteiger partial charge in [0.25, 0.3) is 0 Å². The highest BCUT2D eigenvalue weighted by Crippen LogP contribution is 2.42. The van der Waals surface area contributed by atoms with Gasteiger partial charge in [0.2, 0.25) is 0 Å². The third-order valence-electron chi connectivity index (χ3n) is 11.7. The van der Waals surface area contributed by atoms with Gasteiger partial charge in [-0.15, -0.1) is 0 Å². The van der Waals surface area contributed by atoms with Gasteiger partial charge in [-0.25, -0.2) is 19.8 Å². The quantitative estimate of drug-likeness (QED) is 0.129. The molecule has 0 radical (unpaired) electrons. The fourth-order valence-corrected chi connectivity index (χ4v) is 8.80. The third kappa shape index (κ3) is 5.79. The fraction of sp³-hybridized carbons (Fsp3) is 0. The highest BCUT2D eigenvalue weighted by molar-refractivity contribution is 6.23. The minimum atomic E-state index is 0.566. The Morgan fingerprint density at radius 1 is 0.377 bits per heavy atom. The first-order valence-corrected chi connectivity index (χ1v) is 20.1. The lowest BCUT2D eigenvalue weighted by Crippen LogP contribution is -2.00. The van der Waals surface area contributed by atoms with Crippen molar-refractivity contribution in [3.05, 3.63) is 200 Å². The number of furan rings is 1. The SMILES string of the molecule is [C-]#[N+]c1ccc2cc(-c3cc4c5cccnc5c(-c5cccc(-c6nc(-c7ccccc7)nc(-c7ccc8c(c7)oc7ccccc78)n6)c5)cc4c4ccccc34)ccc2c1. The van der Waals surface area contributed by atoms with E-state index in [-0.39, 0.29) is 0 Å². The molecule has 0 N–H and O–H groups in total. The standard InChI is InChI=1S/C55H31N5O/c1-56-40-24-22-34-27-37(21-20-35(34)29-40)46-31-49-45-18-10-26-57-52(45)47(32-48(49)42-16-6-5-15-41(42)46)36-13-9-14-38(28-36)54-58-53(33-11-3-2-4-12-33)59-55(60-54)39-23-25-44-43-17-7-8-19-50(43)61-51(44)30-39/h2-32H. The third-order valence-corrected chi connectivity index (χ3v) is 11.7. The van der Waals surface area contributed by atoms with Crippen molar-refractivity contribution in [1.82, 2.24) is 19.9 Å². The molecule has 6 nitrogen and oxygen atoms in total. The molecule has 12 rings (SSSR count). The Morgan fingerprint density at radius 3 is 1.84 bits per heavy atom. The molecule has 0 unspecified atom stereocenters. The van der Waals surface area contributed by atoms with Crippen molar-refractivity contribution in [1.29, 1.82) is 0 Å². The lowest BCUT2D eigenvalue weighted by atomic mass is 9.88. The zero-order valence-corrected chi connectivity index (χ0v) is 32.5. The Kier molecular flexibility index (Phi) is 7.81. The second-order valence-corrected chi connectivity index (χ2v) is 15.3. The first-order valence-electron chi connectivity index (χ1n) is 20.1. The van der Waals surface area contributed by atoms with Crippen LogP contribution in [-0.4, -0.2) is 19.9 Å². The number of rotatable bonds is 5. The van der Waals surface area contributed by atoms with Crippen LogP contribution >= 0.6 is 0 Å². The molecule has 0 aliphatic carbocycles. The summed E-state index contributed by atoms with van der Waals surface area (Å²) in [5.41, 5.74) is 10.1. The van der Waals surface area contributed by atoms with E-state index < -0.39 is 0 Å². The number of fused-ring (bicyclic) bond motifs is 9. The van der Waals surface area contributed by atoms with Gasteiger partial charge < -0.3 is 4.42 Å². The second-order valence-electron chi connectivity index (χ2n) is 15.3. The molecule has 0 aliphatic heterocycles. The number of nitrogens with zero attached hydrogens (tertiary/aromatic N) is 5. The molecule has 3 aromatic heterocycles. The molecule has 0 bridgehead atoms. The van der Waals surface area contributed by atoms with Crippen LogP contribution in [0.1, 0.15) is 0 Å². The molecule has 9 aromatic carbocycles. The van der Waals surface area contributed by atoms with Gasteiger partial charge in [-0.3, -0.25) is 4.98 Å². The first-order chi connectivity index (χ1) is 30.1. The molecule has 0 saturated carbocycles. The van der Waals surface area contributed by atoms with Gasteiger partial charge >= 0.3 is 0 Å². The van der Waals surface area contributed by atoms with Crippen molar-refractivity contribution in [3.8, 4) is 56.4 Å². The molecular formula is C55H31N5O. The van der Waals surface area contributed by atoms with Gasteiger partial charge in [0, 0.05) is 44.6 Å². The number of pyridine rings is 1. The summed E-state index contributed by atoms with van der Waals surface area (Å²) in [6.07, 6.45) is 1.87. The zero-order chi connectivity index (χ0) is 40.4. The highest BCUT2D eigenvalue weighted by atomic mass is 16.3. The summed E-state index contributed by atoms with van der Waals surface area (Å²) in [7, 11) is 0. The van der Waals surface area contributed by atoms with Crippen LogP contribution in [0.3, 0.4) is 0 Å². The molecule has 6 heteroatoms. The average molecular weight is 778 g/mol. The summed E-state index contributed by atoms with van der Waals surface area (Å²) in [6, 6.07) is 62.5.